The summed E-state index contributed by atoms with van der Waals surface area (Å²) in [5.74, 6) is 0.537. The number of benzene rings is 2. The van der Waals surface area contributed by atoms with Crippen molar-refractivity contribution in [3.8, 4) is 5.75 Å². The highest BCUT2D eigenvalue weighted by Crippen LogP contribution is 2.24. The lowest BCUT2D eigenvalue weighted by atomic mass is 9.99. The molecule has 0 saturated carbocycles. The van der Waals surface area contributed by atoms with Crippen LogP contribution in [0, 0.1) is 6.92 Å². The van der Waals surface area contributed by atoms with Crippen molar-refractivity contribution in [3.05, 3.63) is 71.4 Å². The van der Waals surface area contributed by atoms with Crippen LogP contribution in [0.3, 0.4) is 0 Å². The molecule has 21 heavy (non-hydrogen) atoms. The van der Waals surface area contributed by atoms with Crippen LogP contribution in [0.25, 0.3) is 10.9 Å². The first kappa shape index (κ1) is 13.3. The van der Waals surface area contributed by atoms with Gasteiger partial charge in [-0.3, -0.25) is 9.78 Å². The SMILES string of the molecule is COc1ccc(C)cc1C(=O)c1ccc2cccnc2c1. The Morgan fingerprint density at radius 2 is 1.95 bits per heavy atom. The number of nitrogens with zero attached hydrogens (tertiary/aromatic N) is 1. The average Bonchev–Trinajstić information content (AvgIpc) is 2.53. The second-order valence-corrected chi connectivity index (χ2v) is 4.94. The average molecular weight is 277 g/mol. The zero-order valence-electron chi connectivity index (χ0n) is 12.0. The van der Waals surface area contributed by atoms with Gasteiger partial charge < -0.3 is 4.74 Å². The highest BCUT2D eigenvalue weighted by Gasteiger charge is 2.15. The lowest BCUT2D eigenvalue weighted by molar-refractivity contribution is 0.103. The minimum atomic E-state index is -0.0527. The second kappa shape index (κ2) is 5.37. The molecule has 0 radical (unpaired) electrons. The van der Waals surface area contributed by atoms with E-state index in [1.807, 2.05) is 55.5 Å². The molecule has 0 unspecified atom stereocenters. The lowest BCUT2D eigenvalue weighted by Crippen LogP contribution is -2.04. The van der Waals surface area contributed by atoms with Crippen molar-refractivity contribution in [2.75, 3.05) is 7.11 Å². The van der Waals surface area contributed by atoms with Gasteiger partial charge in [-0.15, -0.1) is 0 Å². The van der Waals surface area contributed by atoms with Crippen LogP contribution in [0.4, 0.5) is 0 Å². The van der Waals surface area contributed by atoms with Crippen molar-refractivity contribution in [2.24, 2.45) is 0 Å². The van der Waals surface area contributed by atoms with Gasteiger partial charge in [-0.2, -0.15) is 0 Å². The molecule has 2 aromatic carbocycles. The van der Waals surface area contributed by atoms with Gasteiger partial charge in [0.25, 0.3) is 0 Å². The number of aromatic nitrogens is 1. The Bertz CT molecular complexity index is 824. The fourth-order valence-electron chi connectivity index (χ4n) is 2.36. The van der Waals surface area contributed by atoms with Crippen molar-refractivity contribution in [2.45, 2.75) is 6.92 Å². The smallest absolute Gasteiger partial charge is 0.196 e. The molecule has 0 amide bonds. The number of carbonyl (C=O) groups excluding carboxylic acids is 1. The van der Waals surface area contributed by atoms with Crippen molar-refractivity contribution in [3.63, 3.8) is 0 Å². The maximum Gasteiger partial charge on any atom is 0.196 e. The summed E-state index contributed by atoms with van der Waals surface area (Å²) < 4.78 is 5.29. The monoisotopic (exact) mass is 277 g/mol. The van der Waals surface area contributed by atoms with Crippen molar-refractivity contribution < 1.29 is 9.53 Å². The van der Waals surface area contributed by atoms with E-state index >= 15 is 0 Å². The number of fused-ring (bicyclic) bond motifs is 1. The molecule has 0 aliphatic carbocycles. The fraction of sp³-hybridized carbons (Fsp3) is 0.111. The third kappa shape index (κ3) is 2.50. The molecule has 3 aromatic rings. The van der Waals surface area contributed by atoms with E-state index < -0.39 is 0 Å². The van der Waals surface area contributed by atoms with Crippen LogP contribution in [0.5, 0.6) is 5.75 Å². The molecule has 1 heterocycles. The number of hydrogen-bond acceptors (Lipinski definition) is 3. The first-order valence-corrected chi connectivity index (χ1v) is 6.73. The fourth-order valence-corrected chi connectivity index (χ4v) is 2.36. The molecule has 0 aliphatic heterocycles. The number of rotatable bonds is 3. The molecule has 0 aliphatic rings. The first-order chi connectivity index (χ1) is 10.2. The number of ketones is 1. The topological polar surface area (TPSA) is 39.2 Å². The normalized spacial score (nSPS) is 10.6. The Morgan fingerprint density at radius 3 is 2.76 bits per heavy atom. The van der Waals surface area contributed by atoms with Crippen LogP contribution in [0.15, 0.2) is 54.7 Å². The van der Waals surface area contributed by atoms with E-state index in [0.29, 0.717) is 16.9 Å². The maximum absolute atomic E-state index is 12.7. The Labute approximate surface area is 123 Å². The molecule has 3 heteroatoms. The molecule has 0 atom stereocenters. The molecule has 104 valence electrons. The van der Waals surface area contributed by atoms with Crippen molar-refractivity contribution in [1.82, 2.24) is 4.98 Å². The highest BCUT2D eigenvalue weighted by atomic mass is 16.5. The van der Waals surface area contributed by atoms with E-state index in [0.717, 1.165) is 16.5 Å². The molecule has 0 saturated heterocycles. The molecule has 0 N–H and O–H groups in total. The van der Waals surface area contributed by atoms with Gasteiger partial charge >= 0.3 is 0 Å². The summed E-state index contributed by atoms with van der Waals surface area (Å²) in [5.41, 5.74) is 3.03. The van der Waals surface area contributed by atoms with Gasteiger partial charge in [0, 0.05) is 17.1 Å². The molecule has 0 spiro atoms. The van der Waals surface area contributed by atoms with Gasteiger partial charge in [-0.05, 0) is 31.2 Å². The van der Waals surface area contributed by atoms with Crippen LogP contribution < -0.4 is 4.74 Å². The van der Waals surface area contributed by atoms with E-state index in [-0.39, 0.29) is 5.78 Å². The molecule has 3 rings (SSSR count). The predicted octanol–water partition coefficient (Wildman–Crippen LogP) is 3.78. The highest BCUT2D eigenvalue weighted by molar-refractivity contribution is 6.12. The number of carbonyl (C=O) groups is 1. The Hall–Kier alpha value is -2.68. The van der Waals surface area contributed by atoms with Crippen LogP contribution in [-0.4, -0.2) is 17.9 Å². The van der Waals surface area contributed by atoms with Gasteiger partial charge in [0.05, 0.1) is 18.2 Å². The zero-order chi connectivity index (χ0) is 14.8. The summed E-state index contributed by atoms with van der Waals surface area (Å²) in [5, 5.41) is 1.02. The van der Waals surface area contributed by atoms with E-state index in [2.05, 4.69) is 4.98 Å². The minimum absolute atomic E-state index is 0.0527. The number of methoxy groups -OCH3 is 1. The van der Waals surface area contributed by atoms with E-state index in [9.17, 15) is 4.79 Å². The molecule has 0 bridgehead atoms. The van der Waals surface area contributed by atoms with Crippen LogP contribution in [0.2, 0.25) is 0 Å². The molecular weight excluding hydrogens is 262 g/mol. The summed E-state index contributed by atoms with van der Waals surface area (Å²) in [6.07, 6.45) is 1.73. The van der Waals surface area contributed by atoms with Gasteiger partial charge in [-0.1, -0.05) is 29.8 Å². The molecule has 3 nitrogen and oxygen atoms in total. The number of ether oxygens (including phenoxy) is 1. The quantitative estimate of drug-likeness (QED) is 0.684. The predicted molar refractivity (Wildman–Crippen MR) is 82.9 cm³/mol. The molecule has 0 fully saturated rings. The Kier molecular flexibility index (Phi) is 3.40. The third-order valence-corrected chi connectivity index (χ3v) is 3.47. The van der Waals surface area contributed by atoms with Crippen molar-refractivity contribution >= 4 is 16.7 Å². The van der Waals surface area contributed by atoms with Gasteiger partial charge in [0.2, 0.25) is 0 Å². The summed E-state index contributed by atoms with van der Waals surface area (Å²) in [7, 11) is 1.57. The van der Waals surface area contributed by atoms with Crippen LogP contribution in [0.1, 0.15) is 21.5 Å². The van der Waals surface area contributed by atoms with E-state index in [1.54, 1.807) is 13.3 Å². The van der Waals surface area contributed by atoms with Gasteiger partial charge in [0.15, 0.2) is 5.78 Å². The summed E-state index contributed by atoms with van der Waals surface area (Å²) >= 11 is 0. The van der Waals surface area contributed by atoms with E-state index in [4.69, 9.17) is 4.74 Å². The number of aryl methyl sites for hydroxylation is 1. The Balaban J connectivity index is 2.10. The van der Waals surface area contributed by atoms with Gasteiger partial charge in [-0.25, -0.2) is 0 Å². The summed E-state index contributed by atoms with van der Waals surface area (Å²) in [4.78, 5) is 17.0. The first-order valence-electron chi connectivity index (χ1n) is 6.73. The molecule has 1 aromatic heterocycles. The van der Waals surface area contributed by atoms with Crippen molar-refractivity contribution in [1.29, 1.82) is 0 Å². The Morgan fingerprint density at radius 1 is 1.10 bits per heavy atom. The van der Waals surface area contributed by atoms with Crippen LogP contribution >= 0.6 is 0 Å². The summed E-state index contributed by atoms with van der Waals surface area (Å²) in [6.45, 7) is 1.96. The minimum Gasteiger partial charge on any atom is -0.496 e. The number of pyridine rings is 1. The van der Waals surface area contributed by atoms with Gasteiger partial charge in [0.1, 0.15) is 5.75 Å². The number of hydrogen-bond donors (Lipinski definition) is 0. The third-order valence-electron chi connectivity index (χ3n) is 3.47. The lowest BCUT2D eigenvalue weighted by Gasteiger charge is -2.09. The summed E-state index contributed by atoms with van der Waals surface area (Å²) in [6, 6.07) is 15.0. The maximum atomic E-state index is 12.7. The zero-order valence-corrected chi connectivity index (χ0v) is 12.0. The second-order valence-electron chi connectivity index (χ2n) is 4.94. The van der Waals surface area contributed by atoms with Crippen LogP contribution in [-0.2, 0) is 0 Å². The largest absolute Gasteiger partial charge is 0.496 e. The standard InChI is InChI=1S/C18H15NO2/c1-12-5-8-17(21-2)15(10-12)18(20)14-7-6-13-4-3-9-19-16(13)11-14/h3-11H,1-2H3. The van der Waals surface area contributed by atoms with E-state index in [1.165, 1.54) is 0 Å². The molecular formula is C18H15NO2.